The summed E-state index contributed by atoms with van der Waals surface area (Å²) in [7, 11) is 0.305. The lowest BCUT2D eigenvalue weighted by Gasteiger charge is -2.15. The molecular formula is C14H24N4O2S. The maximum absolute atomic E-state index is 12.5. The second-order valence-electron chi connectivity index (χ2n) is 6.14. The third-order valence-corrected chi connectivity index (χ3v) is 5.84. The topological polar surface area (TPSA) is 66.4 Å². The third-order valence-electron chi connectivity index (χ3n) is 4.36. The molecule has 118 valence electrons. The normalized spacial score (nSPS) is 23.8. The van der Waals surface area contributed by atoms with Gasteiger partial charge in [-0.1, -0.05) is 0 Å². The van der Waals surface area contributed by atoms with E-state index in [-0.39, 0.29) is 6.04 Å². The summed E-state index contributed by atoms with van der Waals surface area (Å²) in [4.78, 5) is 2.77. The monoisotopic (exact) mass is 312 g/mol. The number of nitrogens with one attached hydrogen (secondary N) is 2. The van der Waals surface area contributed by atoms with Gasteiger partial charge in [-0.15, -0.1) is 0 Å². The van der Waals surface area contributed by atoms with Gasteiger partial charge in [-0.3, -0.25) is 4.90 Å². The molecule has 0 amide bonds. The van der Waals surface area contributed by atoms with Crippen LogP contribution in [0.2, 0.25) is 0 Å². The highest BCUT2D eigenvalue weighted by atomic mass is 32.2. The van der Waals surface area contributed by atoms with Gasteiger partial charge in [0.25, 0.3) is 0 Å². The largest absolute Gasteiger partial charge is 0.352 e. The van der Waals surface area contributed by atoms with Gasteiger partial charge in [-0.25, -0.2) is 13.1 Å². The second kappa shape index (κ2) is 5.72. The van der Waals surface area contributed by atoms with Gasteiger partial charge in [0.1, 0.15) is 0 Å². The zero-order chi connectivity index (χ0) is 15.0. The summed E-state index contributed by atoms with van der Waals surface area (Å²) in [6, 6.07) is 2.49. The molecular weight excluding hydrogens is 288 g/mol. The summed E-state index contributed by atoms with van der Waals surface area (Å²) >= 11 is 0. The van der Waals surface area contributed by atoms with Crippen molar-refractivity contribution in [2.75, 3.05) is 20.1 Å². The first-order valence-corrected chi connectivity index (χ1v) is 9.04. The zero-order valence-corrected chi connectivity index (χ0v) is 13.5. The van der Waals surface area contributed by atoms with Gasteiger partial charge in [-0.2, -0.15) is 0 Å². The molecule has 2 N–H and O–H groups in total. The van der Waals surface area contributed by atoms with Crippen LogP contribution < -0.4 is 10.0 Å². The molecule has 7 heteroatoms. The van der Waals surface area contributed by atoms with Crippen molar-refractivity contribution in [3.63, 3.8) is 0 Å². The third kappa shape index (κ3) is 3.31. The van der Waals surface area contributed by atoms with Crippen LogP contribution in [0.5, 0.6) is 0 Å². The summed E-state index contributed by atoms with van der Waals surface area (Å²) in [5, 5.41) is 3.05. The second-order valence-corrected chi connectivity index (χ2v) is 7.86. The molecule has 0 radical (unpaired) electrons. The Labute approximate surface area is 126 Å². The van der Waals surface area contributed by atoms with Crippen LogP contribution in [0, 0.1) is 0 Å². The number of hydrogen-bond acceptors (Lipinski definition) is 4. The highest BCUT2D eigenvalue weighted by Gasteiger charge is 2.36. The quantitative estimate of drug-likeness (QED) is 0.791. The van der Waals surface area contributed by atoms with Crippen molar-refractivity contribution >= 4 is 10.0 Å². The first kappa shape index (κ1) is 15.0. The van der Waals surface area contributed by atoms with Crippen molar-refractivity contribution in [3.8, 4) is 0 Å². The minimum absolute atomic E-state index is 0.0450. The molecule has 1 aliphatic heterocycles. The molecule has 0 bridgehead atoms. The minimum Gasteiger partial charge on any atom is -0.352 e. The lowest BCUT2D eigenvalue weighted by atomic mass is 10.3. The standard InChI is InChI=1S/C14H24N4O2S/c1-15-8-13-7-14(10-17(13)2)21(19,20)16-11-5-6-18(9-11)12-3-4-12/h7,10-12,15-16H,3-6,8-9H2,1-2H3. The van der Waals surface area contributed by atoms with E-state index in [1.54, 1.807) is 12.3 Å². The Hall–Kier alpha value is -0.890. The maximum atomic E-state index is 12.5. The summed E-state index contributed by atoms with van der Waals surface area (Å²) in [5.41, 5.74) is 0.962. The van der Waals surface area contributed by atoms with Gasteiger partial charge in [0, 0.05) is 50.7 Å². The zero-order valence-electron chi connectivity index (χ0n) is 12.7. The van der Waals surface area contributed by atoms with Crippen LogP contribution in [0.15, 0.2) is 17.2 Å². The lowest BCUT2D eigenvalue weighted by molar-refractivity contribution is 0.322. The molecule has 1 aliphatic carbocycles. The minimum atomic E-state index is -3.42. The van der Waals surface area contributed by atoms with Gasteiger partial charge in [0.15, 0.2) is 0 Å². The molecule has 1 saturated carbocycles. The van der Waals surface area contributed by atoms with Crippen LogP contribution in [0.1, 0.15) is 25.0 Å². The molecule has 1 saturated heterocycles. The van der Waals surface area contributed by atoms with E-state index in [4.69, 9.17) is 0 Å². The van der Waals surface area contributed by atoms with Crippen LogP contribution in [0.3, 0.4) is 0 Å². The van der Waals surface area contributed by atoms with Gasteiger partial charge in [-0.05, 0) is 32.4 Å². The molecule has 2 aliphatic rings. The highest BCUT2D eigenvalue weighted by molar-refractivity contribution is 7.89. The number of rotatable bonds is 6. The molecule has 21 heavy (non-hydrogen) atoms. The van der Waals surface area contributed by atoms with Crippen LogP contribution in [0.25, 0.3) is 0 Å². The average Bonchev–Trinajstić information content (AvgIpc) is 3.07. The molecule has 1 unspecified atom stereocenters. The number of likely N-dealkylation sites (tertiary alicyclic amines) is 1. The number of nitrogens with zero attached hydrogens (tertiary/aromatic N) is 2. The van der Waals surface area contributed by atoms with E-state index >= 15 is 0 Å². The van der Waals surface area contributed by atoms with E-state index in [0.29, 0.717) is 17.5 Å². The van der Waals surface area contributed by atoms with E-state index < -0.39 is 10.0 Å². The van der Waals surface area contributed by atoms with E-state index in [2.05, 4.69) is 14.9 Å². The fraction of sp³-hybridized carbons (Fsp3) is 0.714. The Bertz CT molecular complexity index is 606. The summed E-state index contributed by atoms with van der Waals surface area (Å²) in [6.45, 7) is 2.52. The fourth-order valence-electron chi connectivity index (χ4n) is 3.02. The van der Waals surface area contributed by atoms with E-state index in [0.717, 1.165) is 25.2 Å². The predicted octanol–water partition coefficient (Wildman–Crippen LogP) is 0.260. The Balaban J connectivity index is 1.67. The lowest BCUT2D eigenvalue weighted by Crippen LogP contribution is -2.37. The van der Waals surface area contributed by atoms with Crippen molar-refractivity contribution in [1.82, 2.24) is 19.5 Å². The maximum Gasteiger partial charge on any atom is 0.242 e. The van der Waals surface area contributed by atoms with Crippen molar-refractivity contribution in [3.05, 3.63) is 18.0 Å². The Morgan fingerprint density at radius 1 is 1.33 bits per heavy atom. The van der Waals surface area contributed by atoms with Gasteiger partial charge in [0.2, 0.25) is 10.0 Å². The Kier molecular flexibility index (Phi) is 4.09. The van der Waals surface area contributed by atoms with Crippen LogP contribution in [-0.4, -0.2) is 50.1 Å². The Morgan fingerprint density at radius 3 is 2.76 bits per heavy atom. The number of sulfonamides is 1. The van der Waals surface area contributed by atoms with Crippen molar-refractivity contribution < 1.29 is 8.42 Å². The first-order chi connectivity index (χ1) is 9.99. The molecule has 1 aromatic heterocycles. The van der Waals surface area contributed by atoms with Gasteiger partial charge in [0.05, 0.1) is 4.90 Å². The predicted molar refractivity (Wildman–Crippen MR) is 81.5 cm³/mol. The summed E-state index contributed by atoms with van der Waals surface area (Å²) < 4.78 is 29.7. The van der Waals surface area contributed by atoms with Crippen molar-refractivity contribution in [2.45, 2.75) is 42.8 Å². The Morgan fingerprint density at radius 2 is 2.10 bits per heavy atom. The molecule has 0 spiro atoms. The van der Waals surface area contributed by atoms with Gasteiger partial charge < -0.3 is 9.88 Å². The number of aromatic nitrogens is 1. The molecule has 2 fully saturated rings. The van der Waals surface area contributed by atoms with E-state index in [1.807, 2.05) is 18.7 Å². The van der Waals surface area contributed by atoms with Crippen molar-refractivity contribution in [1.29, 1.82) is 0 Å². The number of aryl methyl sites for hydroxylation is 1. The van der Waals surface area contributed by atoms with Crippen LogP contribution in [-0.2, 0) is 23.6 Å². The molecule has 1 aromatic rings. The van der Waals surface area contributed by atoms with Gasteiger partial charge >= 0.3 is 0 Å². The number of hydrogen-bond donors (Lipinski definition) is 2. The molecule has 3 rings (SSSR count). The fourth-order valence-corrected chi connectivity index (χ4v) is 4.38. The van der Waals surface area contributed by atoms with E-state index in [9.17, 15) is 8.42 Å². The summed E-state index contributed by atoms with van der Waals surface area (Å²) in [6.07, 6.45) is 5.13. The first-order valence-electron chi connectivity index (χ1n) is 7.56. The van der Waals surface area contributed by atoms with E-state index in [1.165, 1.54) is 12.8 Å². The molecule has 1 atom stereocenters. The van der Waals surface area contributed by atoms with Crippen molar-refractivity contribution in [2.24, 2.45) is 7.05 Å². The molecule has 6 nitrogen and oxygen atoms in total. The molecule has 2 heterocycles. The van der Waals surface area contributed by atoms with Crippen LogP contribution >= 0.6 is 0 Å². The smallest absolute Gasteiger partial charge is 0.242 e. The van der Waals surface area contributed by atoms with Crippen LogP contribution in [0.4, 0.5) is 0 Å². The summed E-state index contributed by atoms with van der Waals surface area (Å²) in [5.74, 6) is 0. The molecule has 0 aromatic carbocycles. The average molecular weight is 312 g/mol. The SMILES string of the molecule is CNCc1cc(S(=O)(=O)NC2CCN(C3CC3)C2)cn1C. The highest BCUT2D eigenvalue weighted by Crippen LogP contribution is 2.30.